The van der Waals surface area contributed by atoms with Crippen LogP contribution in [-0.4, -0.2) is 61.4 Å². The quantitative estimate of drug-likeness (QED) is 0.639. The molecule has 0 bridgehead atoms. The lowest BCUT2D eigenvalue weighted by atomic mass is 10.0. The second-order valence-electron chi connectivity index (χ2n) is 7.59. The molecule has 2 aliphatic rings. The van der Waals surface area contributed by atoms with E-state index in [4.69, 9.17) is 0 Å². The number of rotatable bonds is 7. The summed E-state index contributed by atoms with van der Waals surface area (Å²) >= 11 is 2.53. The van der Waals surface area contributed by atoms with E-state index in [-0.39, 0.29) is 34.1 Å². The van der Waals surface area contributed by atoms with E-state index in [9.17, 15) is 24.3 Å². The summed E-state index contributed by atoms with van der Waals surface area (Å²) in [6.07, 6.45) is 2.29. The highest BCUT2D eigenvalue weighted by Gasteiger charge is 2.48. The standard InChI is InChI=1S/C19H30N2O5S2/c1-5-10(3)15(28-14(22)6-2)16(23)20-12-8-7-11(4)18-21(17(12)24)13(9-27-18)19(25)26/h10-13,15,18H,5-9H2,1-4H3,(H,20,23)(H,25,26)/t10-,11?,12?,13?,15-,18?/m0/s1. The number of fused-ring (bicyclic) bond motifs is 1. The van der Waals surface area contributed by atoms with Crippen molar-refractivity contribution in [3.8, 4) is 0 Å². The molecule has 2 heterocycles. The lowest BCUT2D eigenvalue weighted by Crippen LogP contribution is -2.55. The minimum Gasteiger partial charge on any atom is -0.480 e. The number of carboxylic acid groups (broad SMARTS) is 1. The van der Waals surface area contributed by atoms with Crippen LogP contribution >= 0.6 is 23.5 Å². The van der Waals surface area contributed by atoms with Gasteiger partial charge < -0.3 is 15.3 Å². The molecule has 7 nitrogen and oxygen atoms in total. The predicted molar refractivity (Wildman–Crippen MR) is 111 cm³/mol. The third-order valence-electron chi connectivity index (χ3n) is 5.55. The number of carbonyl (C=O) groups is 4. The van der Waals surface area contributed by atoms with Crippen LogP contribution in [0.25, 0.3) is 0 Å². The monoisotopic (exact) mass is 430 g/mol. The molecule has 2 fully saturated rings. The van der Waals surface area contributed by atoms with Crippen molar-refractivity contribution < 1.29 is 24.3 Å². The zero-order valence-corrected chi connectivity index (χ0v) is 18.5. The largest absolute Gasteiger partial charge is 0.480 e. The summed E-state index contributed by atoms with van der Waals surface area (Å²) < 4.78 is 0. The van der Waals surface area contributed by atoms with Crippen LogP contribution in [0.5, 0.6) is 0 Å². The number of hydrogen-bond donors (Lipinski definition) is 2. The van der Waals surface area contributed by atoms with E-state index in [1.807, 2.05) is 20.8 Å². The molecule has 0 spiro atoms. The Morgan fingerprint density at radius 1 is 1.32 bits per heavy atom. The summed E-state index contributed by atoms with van der Waals surface area (Å²) in [5.74, 6) is -1.14. The predicted octanol–water partition coefficient (Wildman–Crippen LogP) is 2.34. The van der Waals surface area contributed by atoms with Gasteiger partial charge >= 0.3 is 5.97 Å². The molecule has 6 atom stereocenters. The van der Waals surface area contributed by atoms with Crippen molar-refractivity contribution in [1.29, 1.82) is 0 Å². The topological polar surface area (TPSA) is 104 Å². The molecule has 4 unspecified atom stereocenters. The maximum atomic E-state index is 13.1. The van der Waals surface area contributed by atoms with E-state index in [1.165, 1.54) is 16.7 Å². The number of carboxylic acids is 1. The zero-order chi connectivity index (χ0) is 21.0. The Morgan fingerprint density at radius 2 is 2.00 bits per heavy atom. The van der Waals surface area contributed by atoms with Crippen LogP contribution in [-0.2, 0) is 19.2 Å². The SMILES string of the molecule is CCC(=O)S[C@H](C(=O)NC1CCC(C)C2SCC(C(=O)O)N2C1=O)[C@@H](C)CC. The van der Waals surface area contributed by atoms with Crippen molar-refractivity contribution in [1.82, 2.24) is 10.2 Å². The Kier molecular flexibility index (Phi) is 8.24. The number of hydrogen-bond acceptors (Lipinski definition) is 6. The molecule has 0 aliphatic carbocycles. The fraction of sp³-hybridized carbons (Fsp3) is 0.789. The highest BCUT2D eigenvalue weighted by atomic mass is 32.2. The average molecular weight is 431 g/mol. The normalized spacial score (nSPS) is 29.6. The first-order valence-electron chi connectivity index (χ1n) is 9.87. The van der Waals surface area contributed by atoms with Gasteiger partial charge in [-0.05, 0) is 24.7 Å². The van der Waals surface area contributed by atoms with Crippen molar-refractivity contribution in [3.05, 3.63) is 0 Å². The Bertz CT molecular complexity index is 629. The van der Waals surface area contributed by atoms with Crippen LogP contribution < -0.4 is 5.32 Å². The minimum atomic E-state index is -1.01. The third-order valence-corrected chi connectivity index (χ3v) is 8.58. The van der Waals surface area contributed by atoms with E-state index in [1.54, 1.807) is 6.92 Å². The second kappa shape index (κ2) is 10.0. The maximum Gasteiger partial charge on any atom is 0.327 e. The number of thioether (sulfide) groups is 2. The van der Waals surface area contributed by atoms with Gasteiger partial charge in [-0.3, -0.25) is 14.4 Å². The van der Waals surface area contributed by atoms with Gasteiger partial charge in [-0.15, -0.1) is 11.8 Å². The van der Waals surface area contributed by atoms with Crippen molar-refractivity contribution in [2.45, 2.75) is 76.1 Å². The molecular formula is C19H30N2O5S2. The Labute approximate surface area is 174 Å². The lowest BCUT2D eigenvalue weighted by Gasteiger charge is -2.30. The second-order valence-corrected chi connectivity index (χ2v) is 9.94. The molecule has 0 aromatic carbocycles. The van der Waals surface area contributed by atoms with Crippen LogP contribution in [0.3, 0.4) is 0 Å². The van der Waals surface area contributed by atoms with Crippen molar-refractivity contribution >= 4 is 46.4 Å². The summed E-state index contributed by atoms with van der Waals surface area (Å²) in [6.45, 7) is 7.66. The first kappa shape index (κ1) is 23.1. The number of amides is 2. The molecule has 9 heteroatoms. The fourth-order valence-electron chi connectivity index (χ4n) is 3.57. The summed E-state index contributed by atoms with van der Waals surface area (Å²) in [6, 6.07) is -1.60. The van der Waals surface area contributed by atoms with Gasteiger partial charge in [0.2, 0.25) is 11.8 Å². The number of nitrogens with one attached hydrogen (secondary N) is 1. The molecule has 0 aromatic rings. The zero-order valence-electron chi connectivity index (χ0n) is 16.8. The summed E-state index contributed by atoms with van der Waals surface area (Å²) in [5, 5.41) is 11.6. The minimum absolute atomic E-state index is 0.0119. The molecule has 2 amide bonds. The Hall–Kier alpha value is -1.22. The first-order valence-corrected chi connectivity index (χ1v) is 11.8. The molecule has 2 N–H and O–H groups in total. The van der Waals surface area contributed by atoms with Crippen LogP contribution in [0.2, 0.25) is 0 Å². The van der Waals surface area contributed by atoms with E-state index < -0.39 is 23.3 Å². The molecule has 158 valence electrons. The van der Waals surface area contributed by atoms with Gasteiger partial charge in [0.05, 0.1) is 10.6 Å². The smallest absolute Gasteiger partial charge is 0.327 e. The highest BCUT2D eigenvalue weighted by Crippen LogP contribution is 2.39. The first-order chi connectivity index (χ1) is 13.2. The molecule has 0 saturated carbocycles. The molecule has 2 aliphatic heterocycles. The molecular weight excluding hydrogens is 400 g/mol. The van der Waals surface area contributed by atoms with Gasteiger partial charge in [0.1, 0.15) is 12.1 Å². The molecule has 0 aromatic heterocycles. The molecule has 0 radical (unpaired) electrons. The summed E-state index contributed by atoms with van der Waals surface area (Å²) in [4.78, 5) is 51.0. The Balaban J connectivity index is 2.18. The van der Waals surface area contributed by atoms with Crippen molar-refractivity contribution in [3.63, 3.8) is 0 Å². The van der Waals surface area contributed by atoms with Crippen LogP contribution in [0, 0.1) is 11.8 Å². The maximum absolute atomic E-state index is 13.1. The highest BCUT2D eigenvalue weighted by molar-refractivity contribution is 8.14. The van der Waals surface area contributed by atoms with Gasteiger partial charge in [0, 0.05) is 12.2 Å². The molecule has 2 saturated heterocycles. The van der Waals surface area contributed by atoms with E-state index in [2.05, 4.69) is 5.32 Å². The van der Waals surface area contributed by atoms with Gasteiger partial charge in [0.25, 0.3) is 0 Å². The molecule has 2 rings (SSSR count). The van der Waals surface area contributed by atoms with E-state index >= 15 is 0 Å². The lowest BCUT2D eigenvalue weighted by molar-refractivity contribution is -0.150. The van der Waals surface area contributed by atoms with Crippen LogP contribution in [0.15, 0.2) is 0 Å². The van der Waals surface area contributed by atoms with Crippen molar-refractivity contribution in [2.24, 2.45) is 11.8 Å². The average Bonchev–Trinajstić information content (AvgIpc) is 3.08. The van der Waals surface area contributed by atoms with Crippen LogP contribution in [0.1, 0.15) is 53.4 Å². The summed E-state index contributed by atoms with van der Waals surface area (Å²) in [5.41, 5.74) is 0. The van der Waals surface area contributed by atoms with Crippen LogP contribution in [0.4, 0.5) is 0 Å². The van der Waals surface area contributed by atoms with Gasteiger partial charge in [-0.25, -0.2) is 4.79 Å². The van der Waals surface area contributed by atoms with E-state index in [0.29, 0.717) is 18.6 Å². The number of aliphatic carboxylic acids is 1. The van der Waals surface area contributed by atoms with Gasteiger partial charge in [-0.2, -0.15) is 0 Å². The number of nitrogens with zero attached hydrogens (tertiary/aromatic N) is 1. The summed E-state index contributed by atoms with van der Waals surface area (Å²) in [7, 11) is 0. The number of carbonyl (C=O) groups excluding carboxylic acids is 3. The van der Waals surface area contributed by atoms with Gasteiger partial charge in [0.15, 0.2) is 5.12 Å². The fourth-order valence-corrected chi connectivity index (χ4v) is 6.17. The molecule has 28 heavy (non-hydrogen) atoms. The van der Waals surface area contributed by atoms with Gasteiger partial charge in [-0.1, -0.05) is 45.9 Å². The Morgan fingerprint density at radius 3 is 2.57 bits per heavy atom. The third kappa shape index (κ3) is 5.03. The van der Waals surface area contributed by atoms with Crippen molar-refractivity contribution in [2.75, 3.05) is 5.75 Å². The van der Waals surface area contributed by atoms with E-state index in [0.717, 1.165) is 24.6 Å².